The lowest BCUT2D eigenvalue weighted by molar-refractivity contribution is -0.140. The van der Waals surface area contributed by atoms with Crippen LogP contribution in [0.4, 0.5) is 9.59 Å². The van der Waals surface area contributed by atoms with Gasteiger partial charge in [-0.25, -0.2) is 14.4 Å². The van der Waals surface area contributed by atoms with Crippen LogP contribution in [0.25, 0.3) is 0 Å². The minimum absolute atomic E-state index is 0.165. The molecule has 0 aliphatic rings. The van der Waals surface area contributed by atoms with Crippen LogP contribution in [0.1, 0.15) is 13.8 Å². The van der Waals surface area contributed by atoms with Crippen LogP contribution < -0.4 is 11.1 Å². The Morgan fingerprint density at radius 3 is 1.76 bits per heavy atom. The van der Waals surface area contributed by atoms with Gasteiger partial charge in [0.2, 0.25) is 0 Å². The third kappa shape index (κ3) is 10.3. The molecule has 17 heavy (non-hydrogen) atoms. The number of nitrogens with one attached hydrogen (secondary N) is 1. The molecule has 0 heterocycles. The lowest BCUT2D eigenvalue weighted by Gasteiger charge is -2.16. The molecule has 2 amide bonds. The molecule has 0 aliphatic carbocycles. The lowest BCUT2D eigenvalue weighted by Crippen LogP contribution is -2.44. The van der Waals surface area contributed by atoms with Crippen LogP contribution in [0.15, 0.2) is 0 Å². The highest BCUT2D eigenvalue weighted by Gasteiger charge is 2.23. The molecular formula is C9H18N2O6. The number of carboxylic acids is 1. The van der Waals surface area contributed by atoms with Gasteiger partial charge in [0.25, 0.3) is 0 Å². The second kappa shape index (κ2) is 9.25. The quantitative estimate of drug-likeness (QED) is 0.654. The zero-order valence-electron chi connectivity index (χ0n) is 10.2. The maximum atomic E-state index is 10.6. The van der Waals surface area contributed by atoms with Crippen molar-refractivity contribution in [2.75, 3.05) is 14.2 Å². The van der Waals surface area contributed by atoms with Crippen molar-refractivity contribution >= 4 is 18.2 Å². The largest absolute Gasteiger partial charge is 0.480 e. The van der Waals surface area contributed by atoms with Crippen LogP contribution in [-0.2, 0) is 14.3 Å². The van der Waals surface area contributed by atoms with E-state index < -0.39 is 24.2 Å². The van der Waals surface area contributed by atoms with E-state index in [1.54, 1.807) is 13.8 Å². The maximum absolute atomic E-state index is 10.6. The van der Waals surface area contributed by atoms with Gasteiger partial charge >= 0.3 is 18.2 Å². The van der Waals surface area contributed by atoms with E-state index >= 15 is 0 Å². The Kier molecular flexibility index (Phi) is 9.47. The van der Waals surface area contributed by atoms with Gasteiger partial charge in [-0.3, -0.25) is 0 Å². The average molecular weight is 250 g/mol. The first-order valence-corrected chi connectivity index (χ1v) is 4.66. The Bertz CT molecular complexity index is 266. The first-order valence-electron chi connectivity index (χ1n) is 4.66. The van der Waals surface area contributed by atoms with E-state index in [1.165, 1.54) is 14.2 Å². The Hall–Kier alpha value is -1.99. The number of amides is 2. The van der Waals surface area contributed by atoms with Crippen LogP contribution >= 0.6 is 0 Å². The van der Waals surface area contributed by atoms with Gasteiger partial charge < -0.3 is 25.6 Å². The smallest absolute Gasteiger partial charge is 0.407 e. The third-order valence-corrected chi connectivity index (χ3v) is 1.59. The summed E-state index contributed by atoms with van der Waals surface area (Å²) in [4.78, 5) is 30.5. The molecule has 0 aromatic carbocycles. The van der Waals surface area contributed by atoms with Gasteiger partial charge in [0.05, 0.1) is 14.2 Å². The lowest BCUT2D eigenvalue weighted by atomic mass is 10.1. The normalized spacial score (nSPS) is 10.6. The van der Waals surface area contributed by atoms with Crippen molar-refractivity contribution in [1.82, 2.24) is 5.32 Å². The number of rotatable bonds is 3. The summed E-state index contributed by atoms with van der Waals surface area (Å²) < 4.78 is 8.16. The van der Waals surface area contributed by atoms with Gasteiger partial charge in [0, 0.05) is 0 Å². The molecule has 0 aromatic heterocycles. The summed E-state index contributed by atoms with van der Waals surface area (Å²) >= 11 is 0. The van der Waals surface area contributed by atoms with Crippen LogP contribution in [0.3, 0.4) is 0 Å². The fourth-order valence-electron chi connectivity index (χ4n) is 0.699. The van der Waals surface area contributed by atoms with E-state index in [1.807, 2.05) is 0 Å². The number of aliphatic carboxylic acids is 1. The molecule has 0 unspecified atom stereocenters. The van der Waals surface area contributed by atoms with Crippen molar-refractivity contribution in [3.05, 3.63) is 0 Å². The van der Waals surface area contributed by atoms with Gasteiger partial charge in [0.15, 0.2) is 0 Å². The Labute approximate surface area is 99.1 Å². The van der Waals surface area contributed by atoms with Gasteiger partial charge in [-0.15, -0.1) is 0 Å². The summed E-state index contributed by atoms with van der Waals surface area (Å²) in [5.74, 6) is -1.22. The molecule has 0 saturated heterocycles. The van der Waals surface area contributed by atoms with Crippen molar-refractivity contribution in [3.63, 3.8) is 0 Å². The van der Waals surface area contributed by atoms with Crippen LogP contribution in [-0.4, -0.2) is 43.5 Å². The van der Waals surface area contributed by atoms with E-state index in [0.29, 0.717) is 0 Å². The monoisotopic (exact) mass is 250 g/mol. The number of carboxylic acid groups (broad SMARTS) is 1. The summed E-state index contributed by atoms with van der Waals surface area (Å²) in [7, 11) is 2.41. The molecule has 0 aromatic rings. The molecule has 0 rings (SSSR count). The highest BCUT2D eigenvalue weighted by molar-refractivity contribution is 5.80. The molecule has 0 fully saturated rings. The zero-order chi connectivity index (χ0) is 14.0. The summed E-state index contributed by atoms with van der Waals surface area (Å²) in [6.45, 7) is 3.41. The van der Waals surface area contributed by atoms with Crippen molar-refractivity contribution in [2.45, 2.75) is 19.9 Å². The predicted octanol–water partition coefficient (Wildman–Crippen LogP) is 0.163. The number of alkyl carbamates (subject to hydrolysis) is 1. The first-order chi connectivity index (χ1) is 7.76. The van der Waals surface area contributed by atoms with E-state index in [-0.39, 0.29) is 5.92 Å². The summed E-state index contributed by atoms with van der Waals surface area (Å²) in [6, 6.07) is -0.891. The zero-order valence-corrected chi connectivity index (χ0v) is 10.2. The van der Waals surface area contributed by atoms with Crippen LogP contribution in [0.2, 0.25) is 0 Å². The standard InChI is InChI=1S/C7H13NO4.C2H5NO2/c1-4(2)5(6(9)10)8-7(11)12-3;1-5-2(3)4/h4-5H,1-3H3,(H,8,11)(H,9,10);1H3,(H2,3,4)/t5-;/m0./s1. The van der Waals surface area contributed by atoms with E-state index in [4.69, 9.17) is 5.11 Å². The Morgan fingerprint density at radius 2 is 1.59 bits per heavy atom. The number of nitrogens with two attached hydrogens (primary N) is 1. The number of ether oxygens (including phenoxy) is 2. The van der Waals surface area contributed by atoms with Crippen LogP contribution in [0, 0.1) is 5.92 Å². The minimum atomic E-state index is -1.06. The second-order valence-electron chi connectivity index (χ2n) is 3.22. The highest BCUT2D eigenvalue weighted by Crippen LogP contribution is 2.01. The SMILES string of the molecule is COC(=O)N[C@H](C(=O)O)C(C)C.COC(N)=O. The molecule has 1 atom stereocenters. The number of hydrogen-bond donors (Lipinski definition) is 3. The van der Waals surface area contributed by atoms with Crippen molar-refractivity contribution < 1.29 is 29.0 Å². The van der Waals surface area contributed by atoms with E-state index in [2.05, 4.69) is 20.5 Å². The number of methoxy groups -OCH3 is 2. The molecule has 0 aliphatic heterocycles. The fraction of sp³-hybridized carbons (Fsp3) is 0.667. The third-order valence-electron chi connectivity index (χ3n) is 1.59. The van der Waals surface area contributed by atoms with Crippen molar-refractivity contribution in [3.8, 4) is 0 Å². The molecule has 0 radical (unpaired) electrons. The first kappa shape index (κ1) is 17.4. The van der Waals surface area contributed by atoms with E-state index in [0.717, 1.165) is 0 Å². The van der Waals surface area contributed by atoms with Gasteiger partial charge in [-0.1, -0.05) is 13.8 Å². The highest BCUT2D eigenvalue weighted by atomic mass is 16.5. The van der Waals surface area contributed by atoms with Gasteiger partial charge in [0.1, 0.15) is 6.04 Å². The predicted molar refractivity (Wildman–Crippen MR) is 58.4 cm³/mol. The average Bonchev–Trinajstić information content (AvgIpc) is 2.25. The molecule has 0 bridgehead atoms. The maximum Gasteiger partial charge on any atom is 0.407 e. The number of carbonyl (C=O) groups excluding carboxylic acids is 2. The summed E-state index contributed by atoms with van der Waals surface area (Å²) in [6.07, 6.45) is -1.47. The molecule has 0 spiro atoms. The van der Waals surface area contributed by atoms with Crippen molar-refractivity contribution in [2.24, 2.45) is 11.7 Å². The number of primary amides is 1. The molecule has 8 nitrogen and oxygen atoms in total. The molecule has 0 saturated carbocycles. The van der Waals surface area contributed by atoms with Gasteiger partial charge in [-0.2, -0.15) is 0 Å². The minimum Gasteiger partial charge on any atom is -0.480 e. The molecule has 4 N–H and O–H groups in total. The van der Waals surface area contributed by atoms with Crippen molar-refractivity contribution in [1.29, 1.82) is 0 Å². The van der Waals surface area contributed by atoms with E-state index in [9.17, 15) is 14.4 Å². The van der Waals surface area contributed by atoms with Crippen LogP contribution in [0.5, 0.6) is 0 Å². The molecular weight excluding hydrogens is 232 g/mol. The Morgan fingerprint density at radius 1 is 1.18 bits per heavy atom. The molecule has 8 heteroatoms. The summed E-state index contributed by atoms with van der Waals surface area (Å²) in [5.41, 5.74) is 4.43. The second-order valence-corrected chi connectivity index (χ2v) is 3.22. The topological polar surface area (TPSA) is 128 Å². The van der Waals surface area contributed by atoms with Gasteiger partial charge in [-0.05, 0) is 5.92 Å². The Balaban J connectivity index is 0. The summed E-state index contributed by atoms with van der Waals surface area (Å²) in [5, 5.41) is 10.8. The number of carbonyl (C=O) groups is 3. The number of hydrogen-bond acceptors (Lipinski definition) is 5. The fourth-order valence-corrected chi connectivity index (χ4v) is 0.699. The molecule has 100 valence electrons.